The van der Waals surface area contributed by atoms with Crippen molar-refractivity contribution in [1.29, 1.82) is 0 Å². The summed E-state index contributed by atoms with van der Waals surface area (Å²) < 4.78 is 20.6. The van der Waals surface area contributed by atoms with Crippen molar-refractivity contribution in [2.24, 2.45) is 0 Å². The maximum atomic E-state index is 12.1. The Hall–Kier alpha value is -3.75. The fraction of sp³-hybridized carbons (Fsp3) is 0.250. The third kappa shape index (κ3) is 5.61. The fourth-order valence-electron chi connectivity index (χ4n) is 2.49. The molecule has 0 radical (unpaired) electrons. The van der Waals surface area contributed by atoms with Crippen molar-refractivity contribution < 1.29 is 33.3 Å². The first-order valence-corrected chi connectivity index (χ1v) is 8.91. The molecule has 0 saturated heterocycles. The zero-order chi connectivity index (χ0) is 20.6. The van der Waals surface area contributed by atoms with Gasteiger partial charge in [0.1, 0.15) is 12.3 Å². The molecule has 2 aromatic rings. The Bertz CT molecular complexity index is 896. The Morgan fingerprint density at radius 2 is 1.79 bits per heavy atom. The van der Waals surface area contributed by atoms with E-state index in [0.717, 1.165) is 0 Å². The van der Waals surface area contributed by atoms with Crippen LogP contribution >= 0.6 is 0 Å². The second kappa shape index (κ2) is 9.45. The van der Waals surface area contributed by atoms with Gasteiger partial charge in [0.15, 0.2) is 18.1 Å². The molecule has 0 spiro atoms. The van der Waals surface area contributed by atoms with E-state index in [-0.39, 0.29) is 13.3 Å². The van der Waals surface area contributed by atoms with Crippen LogP contribution in [0.25, 0.3) is 0 Å². The number of ether oxygens (including phenoxy) is 4. The Morgan fingerprint density at radius 1 is 1.03 bits per heavy atom. The topological polar surface area (TPSA) is 112 Å². The minimum absolute atomic E-state index is 0.103. The summed E-state index contributed by atoms with van der Waals surface area (Å²) in [4.78, 5) is 35.7. The number of fused-ring (bicyclic) bond motifs is 1. The SMILES string of the molecule is CCOc1ccc(NC(=O)COC(=O)CNC(=O)c2ccc3c(c2)OCO3)cc1. The van der Waals surface area contributed by atoms with Crippen LogP contribution in [0.2, 0.25) is 0 Å². The number of amides is 2. The van der Waals surface area contributed by atoms with Gasteiger partial charge in [-0.05, 0) is 49.4 Å². The van der Waals surface area contributed by atoms with Gasteiger partial charge < -0.3 is 29.6 Å². The maximum Gasteiger partial charge on any atom is 0.325 e. The van der Waals surface area contributed by atoms with Gasteiger partial charge in [0, 0.05) is 11.3 Å². The molecule has 0 aliphatic carbocycles. The lowest BCUT2D eigenvalue weighted by Crippen LogP contribution is -2.32. The number of benzene rings is 2. The van der Waals surface area contributed by atoms with Gasteiger partial charge in [-0.1, -0.05) is 0 Å². The average Bonchev–Trinajstić information content (AvgIpc) is 3.20. The first-order chi connectivity index (χ1) is 14.0. The van der Waals surface area contributed by atoms with E-state index in [1.807, 2.05) is 6.92 Å². The zero-order valence-electron chi connectivity index (χ0n) is 15.7. The first-order valence-electron chi connectivity index (χ1n) is 8.91. The van der Waals surface area contributed by atoms with Gasteiger partial charge in [-0.3, -0.25) is 14.4 Å². The van der Waals surface area contributed by atoms with Gasteiger partial charge in [-0.25, -0.2) is 0 Å². The summed E-state index contributed by atoms with van der Waals surface area (Å²) in [5, 5.41) is 5.02. The molecule has 1 aliphatic rings. The molecule has 0 unspecified atom stereocenters. The summed E-state index contributed by atoms with van der Waals surface area (Å²) in [6.45, 7) is 1.69. The van der Waals surface area contributed by atoms with Crippen molar-refractivity contribution in [1.82, 2.24) is 5.32 Å². The molecule has 0 aromatic heterocycles. The molecule has 29 heavy (non-hydrogen) atoms. The molecule has 1 aliphatic heterocycles. The molecular weight excluding hydrogens is 380 g/mol. The van der Waals surface area contributed by atoms with Crippen molar-refractivity contribution >= 4 is 23.5 Å². The van der Waals surface area contributed by atoms with E-state index in [4.69, 9.17) is 18.9 Å². The average molecular weight is 400 g/mol. The van der Waals surface area contributed by atoms with Gasteiger partial charge in [0.05, 0.1) is 6.61 Å². The van der Waals surface area contributed by atoms with Crippen LogP contribution in [-0.4, -0.2) is 44.3 Å². The van der Waals surface area contributed by atoms with E-state index < -0.39 is 24.4 Å². The molecule has 3 rings (SSSR count). The molecule has 0 atom stereocenters. The summed E-state index contributed by atoms with van der Waals surface area (Å²) in [5.41, 5.74) is 0.862. The van der Waals surface area contributed by atoms with Crippen LogP contribution in [-0.2, 0) is 14.3 Å². The van der Waals surface area contributed by atoms with Crippen LogP contribution in [0.3, 0.4) is 0 Å². The molecule has 0 fully saturated rings. The van der Waals surface area contributed by atoms with Gasteiger partial charge in [0.2, 0.25) is 6.79 Å². The summed E-state index contributed by atoms with van der Waals surface area (Å²) in [5.74, 6) is 0.00505. The van der Waals surface area contributed by atoms with Crippen molar-refractivity contribution in [2.75, 3.05) is 31.9 Å². The molecule has 0 saturated carbocycles. The smallest absolute Gasteiger partial charge is 0.325 e. The Balaban J connectivity index is 1.39. The minimum Gasteiger partial charge on any atom is -0.494 e. The van der Waals surface area contributed by atoms with Crippen molar-refractivity contribution in [3.05, 3.63) is 48.0 Å². The third-order valence-electron chi connectivity index (χ3n) is 3.84. The second-order valence-electron chi connectivity index (χ2n) is 5.92. The van der Waals surface area contributed by atoms with Crippen molar-refractivity contribution in [2.45, 2.75) is 6.92 Å². The second-order valence-corrected chi connectivity index (χ2v) is 5.92. The lowest BCUT2D eigenvalue weighted by Gasteiger charge is -2.09. The van der Waals surface area contributed by atoms with Crippen LogP contribution in [0.5, 0.6) is 17.2 Å². The molecular formula is C20H20N2O7. The summed E-state index contributed by atoms with van der Waals surface area (Å²) >= 11 is 0. The van der Waals surface area contributed by atoms with Crippen molar-refractivity contribution in [3.63, 3.8) is 0 Å². The summed E-state index contributed by atoms with van der Waals surface area (Å²) in [6.07, 6.45) is 0. The molecule has 2 amide bonds. The van der Waals surface area contributed by atoms with Gasteiger partial charge >= 0.3 is 5.97 Å². The molecule has 0 bridgehead atoms. The monoisotopic (exact) mass is 400 g/mol. The highest BCUT2D eigenvalue weighted by Gasteiger charge is 2.17. The highest BCUT2D eigenvalue weighted by Crippen LogP contribution is 2.32. The fourth-order valence-corrected chi connectivity index (χ4v) is 2.49. The Kier molecular flexibility index (Phi) is 6.51. The predicted molar refractivity (Wildman–Crippen MR) is 102 cm³/mol. The highest BCUT2D eigenvalue weighted by atomic mass is 16.7. The van der Waals surface area contributed by atoms with Gasteiger partial charge in [-0.2, -0.15) is 0 Å². The predicted octanol–water partition coefficient (Wildman–Crippen LogP) is 1.73. The van der Waals surface area contributed by atoms with E-state index >= 15 is 0 Å². The number of esters is 1. The Morgan fingerprint density at radius 3 is 2.55 bits per heavy atom. The van der Waals surface area contributed by atoms with E-state index in [1.54, 1.807) is 36.4 Å². The molecule has 9 heteroatoms. The molecule has 9 nitrogen and oxygen atoms in total. The zero-order valence-corrected chi connectivity index (χ0v) is 15.7. The van der Waals surface area contributed by atoms with Crippen molar-refractivity contribution in [3.8, 4) is 17.2 Å². The van der Waals surface area contributed by atoms with E-state index in [1.165, 1.54) is 6.07 Å². The van der Waals surface area contributed by atoms with Crippen LogP contribution < -0.4 is 24.8 Å². The van der Waals surface area contributed by atoms with Gasteiger partial charge in [0.25, 0.3) is 11.8 Å². The van der Waals surface area contributed by atoms with Crippen LogP contribution in [0, 0.1) is 0 Å². The molecule has 2 N–H and O–H groups in total. The minimum atomic E-state index is -0.735. The first kappa shape index (κ1) is 20.0. The number of nitrogens with one attached hydrogen (secondary N) is 2. The number of rotatable bonds is 8. The molecule has 2 aromatic carbocycles. The highest BCUT2D eigenvalue weighted by molar-refractivity contribution is 5.97. The number of hydrogen-bond donors (Lipinski definition) is 2. The third-order valence-corrected chi connectivity index (χ3v) is 3.84. The quantitative estimate of drug-likeness (QED) is 0.649. The number of carbonyl (C=O) groups excluding carboxylic acids is 3. The maximum absolute atomic E-state index is 12.1. The van der Waals surface area contributed by atoms with Crippen LogP contribution in [0.15, 0.2) is 42.5 Å². The van der Waals surface area contributed by atoms with Gasteiger partial charge in [-0.15, -0.1) is 0 Å². The lowest BCUT2D eigenvalue weighted by atomic mass is 10.2. The van der Waals surface area contributed by atoms with E-state index in [2.05, 4.69) is 10.6 Å². The Labute approximate surface area is 166 Å². The molecule has 152 valence electrons. The number of carbonyl (C=O) groups is 3. The van der Waals surface area contributed by atoms with Crippen LogP contribution in [0.1, 0.15) is 17.3 Å². The summed E-state index contributed by atoms with van der Waals surface area (Å²) in [7, 11) is 0. The standard InChI is InChI=1S/C20H20N2O7/c1-2-26-15-6-4-14(5-7-15)22-18(23)11-27-19(24)10-21-20(25)13-3-8-16-17(9-13)29-12-28-16/h3-9H,2,10-12H2,1H3,(H,21,25)(H,22,23). The largest absolute Gasteiger partial charge is 0.494 e. The number of hydrogen-bond acceptors (Lipinski definition) is 7. The molecule has 1 heterocycles. The summed E-state index contributed by atoms with van der Waals surface area (Å²) in [6, 6.07) is 11.5. The number of anilines is 1. The van der Waals surface area contributed by atoms with E-state index in [0.29, 0.717) is 35.1 Å². The lowest BCUT2D eigenvalue weighted by molar-refractivity contribution is -0.146. The van der Waals surface area contributed by atoms with E-state index in [9.17, 15) is 14.4 Å². The normalized spacial score (nSPS) is 11.5. The van der Waals surface area contributed by atoms with Crippen LogP contribution in [0.4, 0.5) is 5.69 Å².